The van der Waals surface area contributed by atoms with Gasteiger partial charge in [-0.15, -0.1) is 0 Å². The minimum Gasteiger partial charge on any atom is -0.281 e. The smallest absolute Gasteiger partial charge is 0.281 e. The van der Waals surface area contributed by atoms with Gasteiger partial charge < -0.3 is 0 Å². The molecular weight excluding hydrogens is 196 g/mol. The highest BCUT2D eigenvalue weighted by atomic mass is 32.2. The molecule has 2 aliphatic heterocycles. The summed E-state index contributed by atoms with van der Waals surface area (Å²) >= 11 is 1.49. The molecule has 2 aliphatic rings. The third-order valence-electron chi connectivity index (χ3n) is 2.39. The maximum atomic E-state index is 11.2. The molecule has 12 heavy (non-hydrogen) atoms. The summed E-state index contributed by atoms with van der Waals surface area (Å²) in [6.07, 6.45) is 0. The number of thioether (sulfide) groups is 1. The van der Waals surface area contributed by atoms with Crippen LogP contribution in [0.25, 0.3) is 0 Å². The van der Waals surface area contributed by atoms with E-state index >= 15 is 0 Å². The SMILES string of the molecule is C[N+]1=C(N)S[C@H]2CS(=O)(=O)C[C@H]21. The Kier molecular flexibility index (Phi) is 1.66. The fraction of sp³-hybridized carbons (Fsp3) is 0.833. The molecule has 0 aromatic heterocycles. The second kappa shape index (κ2) is 2.38. The zero-order valence-electron chi connectivity index (χ0n) is 6.73. The van der Waals surface area contributed by atoms with E-state index in [1.54, 1.807) is 0 Å². The number of nitrogens with two attached hydrogens (primary N) is 1. The van der Waals surface area contributed by atoms with Gasteiger partial charge >= 0.3 is 5.17 Å². The van der Waals surface area contributed by atoms with Gasteiger partial charge in [0.15, 0.2) is 9.84 Å². The van der Waals surface area contributed by atoms with Crippen molar-refractivity contribution < 1.29 is 13.0 Å². The third kappa shape index (κ3) is 1.13. The molecule has 0 aromatic carbocycles. The average Bonchev–Trinajstić information content (AvgIpc) is 2.33. The van der Waals surface area contributed by atoms with E-state index in [0.717, 1.165) is 5.17 Å². The summed E-state index contributed by atoms with van der Waals surface area (Å²) in [5.41, 5.74) is 5.67. The monoisotopic (exact) mass is 207 g/mol. The molecule has 0 bridgehead atoms. The van der Waals surface area contributed by atoms with E-state index in [9.17, 15) is 8.42 Å². The van der Waals surface area contributed by atoms with Crippen LogP contribution in [-0.2, 0) is 9.84 Å². The van der Waals surface area contributed by atoms with Crippen LogP contribution in [0.15, 0.2) is 0 Å². The van der Waals surface area contributed by atoms with Gasteiger partial charge in [0.1, 0.15) is 6.04 Å². The van der Waals surface area contributed by atoms with Crippen molar-refractivity contribution >= 4 is 26.8 Å². The van der Waals surface area contributed by atoms with E-state index in [4.69, 9.17) is 5.73 Å². The van der Waals surface area contributed by atoms with Crippen molar-refractivity contribution in [1.82, 2.24) is 0 Å². The zero-order valence-corrected chi connectivity index (χ0v) is 8.36. The Labute approximate surface area is 75.7 Å². The van der Waals surface area contributed by atoms with Gasteiger partial charge in [-0.05, 0) is 11.8 Å². The maximum Gasteiger partial charge on any atom is 0.304 e. The van der Waals surface area contributed by atoms with Crippen LogP contribution in [0.5, 0.6) is 0 Å². The van der Waals surface area contributed by atoms with E-state index in [1.807, 2.05) is 11.6 Å². The number of hydrogen-bond donors (Lipinski definition) is 1. The normalized spacial score (nSPS) is 38.8. The molecule has 2 rings (SSSR count). The predicted molar refractivity (Wildman–Crippen MR) is 49.2 cm³/mol. The highest BCUT2D eigenvalue weighted by Crippen LogP contribution is 2.31. The first-order valence-electron chi connectivity index (χ1n) is 3.72. The summed E-state index contributed by atoms with van der Waals surface area (Å²) in [5, 5.41) is 0.917. The van der Waals surface area contributed by atoms with Gasteiger partial charge in [-0.3, -0.25) is 10.3 Å². The van der Waals surface area contributed by atoms with Gasteiger partial charge in [0.25, 0.3) is 0 Å². The van der Waals surface area contributed by atoms with Crippen LogP contribution < -0.4 is 5.73 Å². The van der Waals surface area contributed by atoms with Crippen molar-refractivity contribution in [2.75, 3.05) is 18.6 Å². The van der Waals surface area contributed by atoms with Gasteiger partial charge in [-0.25, -0.2) is 8.42 Å². The molecule has 2 atom stereocenters. The highest BCUT2D eigenvalue weighted by molar-refractivity contribution is 8.15. The predicted octanol–water partition coefficient (Wildman–Crippen LogP) is -1.14. The van der Waals surface area contributed by atoms with Crippen molar-refractivity contribution in [2.24, 2.45) is 5.73 Å². The van der Waals surface area contributed by atoms with Gasteiger partial charge in [0.05, 0.1) is 23.8 Å². The maximum absolute atomic E-state index is 11.2. The molecule has 2 N–H and O–H groups in total. The Balaban J connectivity index is 2.32. The summed E-state index contributed by atoms with van der Waals surface area (Å²) in [4.78, 5) is 0. The lowest BCUT2D eigenvalue weighted by Gasteiger charge is -2.03. The van der Waals surface area contributed by atoms with Crippen LogP contribution in [0.2, 0.25) is 0 Å². The van der Waals surface area contributed by atoms with Crippen molar-refractivity contribution in [2.45, 2.75) is 11.3 Å². The molecule has 0 aromatic rings. The molecule has 0 unspecified atom stereocenters. The standard InChI is InChI=1S/C6H10N2O2S2/c1-8-4-2-12(9,10)3-5(4)11-6(8)7/h4-5,7H,2-3H2,1H3/p+1/t4-,5+/m1/s1. The van der Waals surface area contributed by atoms with Crippen LogP contribution in [0.4, 0.5) is 0 Å². The summed E-state index contributed by atoms with van der Waals surface area (Å²) in [6, 6.07) is 0.111. The summed E-state index contributed by atoms with van der Waals surface area (Å²) in [6.45, 7) is 0. The lowest BCUT2D eigenvalue weighted by atomic mass is 10.2. The van der Waals surface area contributed by atoms with Crippen LogP contribution in [0.1, 0.15) is 0 Å². The first-order valence-corrected chi connectivity index (χ1v) is 6.42. The van der Waals surface area contributed by atoms with E-state index in [2.05, 4.69) is 0 Å². The van der Waals surface area contributed by atoms with Crippen LogP contribution in [0, 0.1) is 0 Å². The number of rotatable bonds is 0. The molecule has 1 fully saturated rings. The lowest BCUT2D eigenvalue weighted by Crippen LogP contribution is -2.29. The zero-order chi connectivity index (χ0) is 8.93. The topological polar surface area (TPSA) is 63.2 Å². The molecule has 0 spiro atoms. The molecule has 1 saturated heterocycles. The van der Waals surface area contributed by atoms with Crippen LogP contribution in [0.3, 0.4) is 0 Å². The largest absolute Gasteiger partial charge is 0.304 e. The number of fused-ring (bicyclic) bond motifs is 1. The Morgan fingerprint density at radius 2 is 2.25 bits per heavy atom. The second-order valence-corrected chi connectivity index (χ2v) is 6.66. The fourth-order valence-electron chi connectivity index (χ4n) is 1.67. The van der Waals surface area contributed by atoms with Gasteiger partial charge in [0, 0.05) is 0 Å². The molecular formula is C6H11N2O2S2+. The van der Waals surface area contributed by atoms with Gasteiger partial charge in [-0.1, -0.05) is 0 Å². The minimum absolute atomic E-state index is 0.111. The number of nitrogens with zero attached hydrogens (tertiary/aromatic N) is 1. The summed E-state index contributed by atoms with van der Waals surface area (Å²) in [7, 11) is -0.938. The van der Waals surface area contributed by atoms with Gasteiger partial charge in [-0.2, -0.15) is 0 Å². The molecule has 0 saturated carbocycles. The van der Waals surface area contributed by atoms with E-state index in [1.165, 1.54) is 11.8 Å². The Hall–Kier alpha value is -0.230. The highest BCUT2D eigenvalue weighted by Gasteiger charge is 2.47. The van der Waals surface area contributed by atoms with E-state index in [0.29, 0.717) is 0 Å². The summed E-state index contributed by atoms with van der Waals surface area (Å²) in [5.74, 6) is 0.551. The van der Waals surface area contributed by atoms with Crippen molar-refractivity contribution in [3.05, 3.63) is 0 Å². The third-order valence-corrected chi connectivity index (χ3v) is 5.63. The van der Waals surface area contributed by atoms with Crippen molar-refractivity contribution in [3.63, 3.8) is 0 Å². The molecule has 0 aliphatic carbocycles. The Morgan fingerprint density at radius 3 is 2.83 bits per heavy atom. The molecule has 2 heterocycles. The Bertz CT molecular complexity index is 347. The van der Waals surface area contributed by atoms with E-state index in [-0.39, 0.29) is 22.8 Å². The number of sulfone groups is 1. The minimum atomic E-state index is -2.79. The van der Waals surface area contributed by atoms with Crippen molar-refractivity contribution in [1.29, 1.82) is 0 Å². The quantitative estimate of drug-likeness (QED) is 0.510. The Morgan fingerprint density at radius 1 is 1.58 bits per heavy atom. The summed E-state index contributed by atoms with van der Waals surface area (Å²) < 4.78 is 24.3. The molecule has 6 heteroatoms. The number of hydrogen-bond acceptors (Lipinski definition) is 4. The molecule has 0 amide bonds. The lowest BCUT2D eigenvalue weighted by molar-refractivity contribution is -0.524. The van der Waals surface area contributed by atoms with Crippen LogP contribution in [-0.4, -0.2) is 48.0 Å². The van der Waals surface area contributed by atoms with Crippen molar-refractivity contribution in [3.8, 4) is 0 Å². The van der Waals surface area contributed by atoms with Crippen LogP contribution >= 0.6 is 11.8 Å². The van der Waals surface area contributed by atoms with Gasteiger partial charge in [0.2, 0.25) is 0 Å². The van der Waals surface area contributed by atoms with E-state index < -0.39 is 9.84 Å². The molecule has 68 valence electrons. The number of amidine groups is 1. The molecule has 4 nitrogen and oxygen atoms in total. The second-order valence-electron chi connectivity index (χ2n) is 3.25. The molecule has 0 radical (unpaired) electrons. The first-order chi connectivity index (χ1) is 5.49. The fourth-order valence-corrected chi connectivity index (χ4v) is 5.57. The average molecular weight is 207 g/mol. The first kappa shape index (κ1) is 8.37.